The largest absolute Gasteiger partial charge is 0.458 e. The Morgan fingerprint density at radius 2 is 1.64 bits per heavy atom. The lowest BCUT2D eigenvalue weighted by Crippen LogP contribution is -2.64. The average Bonchev–Trinajstić information content (AvgIpc) is 2.61. The third-order valence-corrected chi connectivity index (χ3v) is 4.96. The van der Waals surface area contributed by atoms with Crippen LogP contribution in [-0.2, 0) is 33.5 Å². The van der Waals surface area contributed by atoms with Crippen molar-refractivity contribution in [3.8, 4) is 0 Å². The van der Waals surface area contributed by atoms with E-state index in [-0.39, 0.29) is 19.6 Å². The Bertz CT molecular complexity index is 660. The molecule has 2 rings (SSSR count). The summed E-state index contributed by atoms with van der Waals surface area (Å²) in [7, 11) is -4.52. The van der Waals surface area contributed by atoms with E-state index in [2.05, 4.69) is 0 Å². The number of carbonyl (C=O) groups is 2. The quantitative estimate of drug-likeness (QED) is 0.629. The van der Waals surface area contributed by atoms with Crippen molar-refractivity contribution in [2.45, 2.75) is 70.8 Å². The van der Waals surface area contributed by atoms with E-state index in [1.807, 2.05) is 0 Å². The summed E-state index contributed by atoms with van der Waals surface area (Å²) in [6, 6.07) is 0. The molecule has 0 bridgehead atoms. The molecule has 1 amide bonds. The highest BCUT2D eigenvalue weighted by Gasteiger charge is 2.68. The van der Waals surface area contributed by atoms with E-state index in [1.54, 1.807) is 41.5 Å². The summed E-state index contributed by atoms with van der Waals surface area (Å²) in [6.45, 7) is 9.65. The standard InChI is InChI=1S/C15H25NO8S/c1-13(2,3)22-11(17)15-7-8-21-9-10(15)24-25(19,20)16(15)12(18)23-14(4,5)6/h10H,7-9H2,1-6H3/t10-,15+/m0/s1. The van der Waals surface area contributed by atoms with E-state index in [1.165, 1.54) is 0 Å². The van der Waals surface area contributed by atoms with Crippen LogP contribution < -0.4 is 0 Å². The summed E-state index contributed by atoms with van der Waals surface area (Å²) in [5.74, 6) is -0.861. The van der Waals surface area contributed by atoms with Crippen LogP contribution in [0.15, 0.2) is 0 Å². The average molecular weight is 379 g/mol. The van der Waals surface area contributed by atoms with Crippen LogP contribution in [-0.4, -0.2) is 60.8 Å². The molecule has 2 atom stereocenters. The van der Waals surface area contributed by atoms with Gasteiger partial charge in [0.1, 0.15) is 17.3 Å². The Morgan fingerprint density at radius 1 is 1.08 bits per heavy atom. The zero-order chi connectivity index (χ0) is 19.3. The zero-order valence-electron chi connectivity index (χ0n) is 15.3. The van der Waals surface area contributed by atoms with Crippen LogP contribution in [0, 0.1) is 0 Å². The van der Waals surface area contributed by atoms with Gasteiger partial charge in [-0.3, -0.25) is 0 Å². The SMILES string of the molecule is CC(C)(C)OC(=O)N1[C@]2(C(=O)OC(C)(C)C)CCOC[C@@H]2OS1(=O)=O. The van der Waals surface area contributed by atoms with Crippen molar-refractivity contribution in [3.63, 3.8) is 0 Å². The van der Waals surface area contributed by atoms with Crippen LogP contribution in [0.5, 0.6) is 0 Å². The Kier molecular flexibility index (Phi) is 4.86. The monoisotopic (exact) mass is 379 g/mol. The highest BCUT2D eigenvalue weighted by atomic mass is 32.2. The summed E-state index contributed by atoms with van der Waals surface area (Å²) >= 11 is 0. The number of amides is 1. The minimum Gasteiger partial charge on any atom is -0.458 e. The van der Waals surface area contributed by atoms with Crippen molar-refractivity contribution < 1.29 is 36.4 Å². The normalized spacial score (nSPS) is 29.0. The molecule has 25 heavy (non-hydrogen) atoms. The van der Waals surface area contributed by atoms with Gasteiger partial charge in [-0.15, -0.1) is 0 Å². The predicted octanol–water partition coefficient (Wildman–Crippen LogP) is 1.37. The lowest BCUT2D eigenvalue weighted by atomic mass is 9.87. The van der Waals surface area contributed by atoms with E-state index in [0.29, 0.717) is 4.31 Å². The maximum atomic E-state index is 12.9. The molecule has 0 radical (unpaired) electrons. The van der Waals surface area contributed by atoms with Crippen LogP contribution in [0.3, 0.4) is 0 Å². The molecule has 0 unspecified atom stereocenters. The van der Waals surface area contributed by atoms with Crippen LogP contribution in [0.4, 0.5) is 4.79 Å². The van der Waals surface area contributed by atoms with Gasteiger partial charge < -0.3 is 14.2 Å². The van der Waals surface area contributed by atoms with Crippen molar-refractivity contribution >= 4 is 22.4 Å². The van der Waals surface area contributed by atoms with Gasteiger partial charge in [0.15, 0.2) is 5.54 Å². The van der Waals surface area contributed by atoms with Gasteiger partial charge in [-0.2, -0.15) is 12.7 Å². The van der Waals surface area contributed by atoms with Crippen molar-refractivity contribution in [3.05, 3.63) is 0 Å². The first-order valence-electron chi connectivity index (χ1n) is 7.97. The molecule has 0 spiro atoms. The molecule has 0 saturated carbocycles. The molecule has 2 heterocycles. The molecule has 2 aliphatic heterocycles. The minimum atomic E-state index is -4.52. The smallest absolute Gasteiger partial charge is 0.427 e. The Labute approximate surface area is 147 Å². The summed E-state index contributed by atoms with van der Waals surface area (Å²) in [4.78, 5) is 25.5. The maximum Gasteiger partial charge on any atom is 0.427 e. The number of carbonyl (C=O) groups excluding carboxylic acids is 2. The number of ether oxygens (including phenoxy) is 3. The lowest BCUT2D eigenvalue weighted by molar-refractivity contribution is -0.176. The van der Waals surface area contributed by atoms with E-state index >= 15 is 0 Å². The van der Waals surface area contributed by atoms with Crippen molar-refractivity contribution in [1.29, 1.82) is 0 Å². The van der Waals surface area contributed by atoms with Gasteiger partial charge in [-0.25, -0.2) is 13.8 Å². The Hall–Kier alpha value is -1.39. The summed E-state index contributed by atoms with van der Waals surface area (Å²) in [5, 5.41) is 0. The second kappa shape index (κ2) is 6.10. The van der Waals surface area contributed by atoms with Gasteiger partial charge in [0.05, 0.1) is 6.61 Å². The first-order valence-corrected chi connectivity index (χ1v) is 9.33. The lowest BCUT2D eigenvalue weighted by Gasteiger charge is -2.40. The fraction of sp³-hybridized carbons (Fsp3) is 0.867. The molecule has 0 aromatic heterocycles. The fourth-order valence-corrected chi connectivity index (χ4v) is 4.18. The highest BCUT2D eigenvalue weighted by Crippen LogP contribution is 2.42. The van der Waals surface area contributed by atoms with E-state index in [9.17, 15) is 18.0 Å². The van der Waals surface area contributed by atoms with Gasteiger partial charge in [0.25, 0.3) is 0 Å². The molecule has 2 aliphatic rings. The molecule has 2 saturated heterocycles. The van der Waals surface area contributed by atoms with Gasteiger partial charge in [-0.05, 0) is 41.5 Å². The van der Waals surface area contributed by atoms with Crippen molar-refractivity contribution in [2.75, 3.05) is 13.2 Å². The number of fused-ring (bicyclic) bond motifs is 1. The molecule has 0 aromatic rings. The number of esters is 1. The third-order valence-electron chi connectivity index (χ3n) is 3.56. The molecule has 0 aliphatic carbocycles. The van der Waals surface area contributed by atoms with E-state index in [4.69, 9.17) is 18.4 Å². The molecule has 10 heteroatoms. The highest BCUT2D eigenvalue weighted by molar-refractivity contribution is 7.85. The summed E-state index contributed by atoms with van der Waals surface area (Å²) in [5.41, 5.74) is -3.67. The van der Waals surface area contributed by atoms with E-state index < -0.39 is 45.2 Å². The second-order valence-electron chi connectivity index (χ2n) is 8.04. The third kappa shape index (κ3) is 3.90. The number of nitrogens with zero attached hydrogens (tertiary/aromatic N) is 1. The molecule has 9 nitrogen and oxygen atoms in total. The molecule has 144 valence electrons. The zero-order valence-corrected chi connectivity index (χ0v) is 16.1. The fourth-order valence-electron chi connectivity index (χ4n) is 2.69. The van der Waals surface area contributed by atoms with Crippen LogP contribution in [0.1, 0.15) is 48.0 Å². The summed E-state index contributed by atoms with van der Waals surface area (Å²) in [6.07, 6.45) is -2.44. The Morgan fingerprint density at radius 3 is 2.16 bits per heavy atom. The minimum absolute atomic E-state index is 0.0773. The topological polar surface area (TPSA) is 108 Å². The van der Waals surface area contributed by atoms with E-state index in [0.717, 1.165) is 0 Å². The molecule has 0 aromatic carbocycles. The van der Waals surface area contributed by atoms with Gasteiger partial charge >= 0.3 is 22.4 Å². The van der Waals surface area contributed by atoms with Crippen LogP contribution in [0.25, 0.3) is 0 Å². The van der Waals surface area contributed by atoms with Crippen molar-refractivity contribution in [1.82, 2.24) is 4.31 Å². The second-order valence-corrected chi connectivity index (χ2v) is 9.45. The van der Waals surface area contributed by atoms with Crippen molar-refractivity contribution in [2.24, 2.45) is 0 Å². The van der Waals surface area contributed by atoms with Gasteiger partial charge in [-0.1, -0.05) is 0 Å². The van der Waals surface area contributed by atoms with Gasteiger partial charge in [0.2, 0.25) is 0 Å². The molecule has 2 fully saturated rings. The molecular formula is C15H25NO8S. The summed E-state index contributed by atoms with van der Waals surface area (Å²) < 4.78 is 46.2. The Balaban J connectivity index is 2.51. The molecular weight excluding hydrogens is 354 g/mol. The predicted molar refractivity (Wildman–Crippen MR) is 85.9 cm³/mol. The number of rotatable bonds is 1. The van der Waals surface area contributed by atoms with Crippen LogP contribution >= 0.6 is 0 Å². The first kappa shape index (κ1) is 19.9. The first-order chi connectivity index (χ1) is 11.2. The number of hydrogen-bond acceptors (Lipinski definition) is 8. The number of hydrogen-bond donors (Lipinski definition) is 0. The van der Waals surface area contributed by atoms with Crippen LogP contribution in [0.2, 0.25) is 0 Å². The molecule has 0 N–H and O–H groups in total. The maximum absolute atomic E-state index is 12.9. The van der Waals surface area contributed by atoms with Gasteiger partial charge in [0, 0.05) is 13.0 Å².